The van der Waals surface area contributed by atoms with Crippen molar-refractivity contribution in [1.29, 1.82) is 0 Å². The van der Waals surface area contributed by atoms with Crippen LogP contribution in [-0.4, -0.2) is 28.6 Å². The first-order valence-electron chi connectivity index (χ1n) is 5.54. The molecule has 0 saturated heterocycles. The SMILES string of the molecule is CCOC(=O)C(N)Cc1c[nH]c2cnccc12. The molecule has 1 unspecified atom stereocenters. The third-order valence-electron chi connectivity index (χ3n) is 2.60. The van der Waals surface area contributed by atoms with Gasteiger partial charge in [-0.05, 0) is 18.6 Å². The highest BCUT2D eigenvalue weighted by Crippen LogP contribution is 2.17. The Kier molecular flexibility index (Phi) is 3.39. The van der Waals surface area contributed by atoms with Crippen LogP contribution in [0, 0.1) is 0 Å². The molecule has 2 rings (SSSR count). The van der Waals surface area contributed by atoms with E-state index in [9.17, 15) is 4.79 Å². The smallest absolute Gasteiger partial charge is 0.323 e. The van der Waals surface area contributed by atoms with Gasteiger partial charge in [0, 0.05) is 24.2 Å². The van der Waals surface area contributed by atoms with Gasteiger partial charge in [-0.15, -0.1) is 0 Å². The van der Waals surface area contributed by atoms with Crippen LogP contribution in [0.2, 0.25) is 0 Å². The molecule has 0 aliphatic rings. The third-order valence-corrected chi connectivity index (χ3v) is 2.60. The van der Waals surface area contributed by atoms with E-state index in [0.29, 0.717) is 13.0 Å². The summed E-state index contributed by atoms with van der Waals surface area (Å²) in [5.41, 5.74) is 7.73. The predicted molar refractivity (Wildman–Crippen MR) is 64.4 cm³/mol. The number of aromatic amines is 1. The molecule has 1 atom stereocenters. The highest BCUT2D eigenvalue weighted by molar-refractivity contribution is 5.83. The summed E-state index contributed by atoms with van der Waals surface area (Å²) in [5, 5.41) is 1.04. The zero-order chi connectivity index (χ0) is 12.3. The second kappa shape index (κ2) is 4.97. The number of hydrogen-bond acceptors (Lipinski definition) is 4. The minimum Gasteiger partial charge on any atom is -0.465 e. The van der Waals surface area contributed by atoms with Crippen molar-refractivity contribution in [2.75, 3.05) is 6.61 Å². The molecule has 5 nitrogen and oxygen atoms in total. The van der Waals surface area contributed by atoms with Gasteiger partial charge in [0.05, 0.1) is 18.3 Å². The standard InChI is InChI=1S/C12H15N3O2/c1-2-17-12(16)10(13)5-8-6-15-11-7-14-4-3-9(8)11/h3-4,6-7,10,15H,2,5,13H2,1H3. The quantitative estimate of drug-likeness (QED) is 0.772. The number of pyridine rings is 1. The monoisotopic (exact) mass is 233 g/mol. The van der Waals surface area contributed by atoms with Crippen LogP contribution >= 0.6 is 0 Å². The van der Waals surface area contributed by atoms with Crippen molar-refractivity contribution >= 4 is 16.9 Å². The Morgan fingerprint density at radius 1 is 1.65 bits per heavy atom. The highest BCUT2D eigenvalue weighted by atomic mass is 16.5. The maximum atomic E-state index is 11.4. The number of aromatic nitrogens is 2. The van der Waals surface area contributed by atoms with Crippen LogP contribution in [0.5, 0.6) is 0 Å². The van der Waals surface area contributed by atoms with E-state index in [4.69, 9.17) is 10.5 Å². The number of fused-ring (bicyclic) bond motifs is 1. The molecular formula is C12H15N3O2. The van der Waals surface area contributed by atoms with Crippen LogP contribution in [-0.2, 0) is 16.0 Å². The predicted octanol–water partition coefficient (Wildman–Crippen LogP) is 0.996. The highest BCUT2D eigenvalue weighted by Gasteiger charge is 2.16. The van der Waals surface area contributed by atoms with Crippen LogP contribution < -0.4 is 5.73 Å². The Morgan fingerprint density at radius 3 is 3.24 bits per heavy atom. The van der Waals surface area contributed by atoms with Crippen molar-refractivity contribution < 1.29 is 9.53 Å². The fourth-order valence-corrected chi connectivity index (χ4v) is 1.77. The molecule has 0 amide bonds. The largest absolute Gasteiger partial charge is 0.465 e. The van der Waals surface area contributed by atoms with Crippen LogP contribution in [0.4, 0.5) is 0 Å². The van der Waals surface area contributed by atoms with Crippen molar-refractivity contribution in [3.05, 3.63) is 30.2 Å². The number of carbonyl (C=O) groups excluding carboxylic acids is 1. The van der Waals surface area contributed by atoms with Gasteiger partial charge in [-0.25, -0.2) is 0 Å². The van der Waals surface area contributed by atoms with Crippen molar-refractivity contribution in [2.24, 2.45) is 5.73 Å². The normalized spacial score (nSPS) is 12.6. The summed E-state index contributed by atoms with van der Waals surface area (Å²) in [7, 11) is 0. The number of H-pyrrole nitrogens is 1. The molecule has 2 aromatic rings. The van der Waals surface area contributed by atoms with Gasteiger partial charge in [-0.1, -0.05) is 0 Å². The van der Waals surface area contributed by atoms with Gasteiger partial charge >= 0.3 is 5.97 Å². The molecule has 0 radical (unpaired) electrons. The van der Waals surface area contributed by atoms with E-state index in [1.165, 1.54) is 0 Å². The van der Waals surface area contributed by atoms with Gasteiger partial charge < -0.3 is 15.5 Å². The van der Waals surface area contributed by atoms with E-state index >= 15 is 0 Å². The van der Waals surface area contributed by atoms with Gasteiger partial charge in [-0.2, -0.15) is 0 Å². The molecular weight excluding hydrogens is 218 g/mol. The molecule has 3 N–H and O–H groups in total. The molecule has 0 saturated carbocycles. The van der Waals surface area contributed by atoms with Crippen LogP contribution in [0.3, 0.4) is 0 Å². The lowest BCUT2D eigenvalue weighted by molar-refractivity contribution is -0.144. The number of nitrogens with zero attached hydrogens (tertiary/aromatic N) is 1. The van der Waals surface area contributed by atoms with Gasteiger partial charge in [0.15, 0.2) is 0 Å². The lowest BCUT2D eigenvalue weighted by atomic mass is 10.1. The number of hydrogen-bond donors (Lipinski definition) is 2. The first kappa shape index (κ1) is 11.6. The summed E-state index contributed by atoms with van der Waals surface area (Å²) in [6.45, 7) is 2.12. The summed E-state index contributed by atoms with van der Waals surface area (Å²) in [5.74, 6) is -0.365. The molecule has 17 heavy (non-hydrogen) atoms. The maximum absolute atomic E-state index is 11.4. The molecule has 0 fully saturated rings. The molecule has 0 spiro atoms. The van der Waals surface area contributed by atoms with Crippen molar-refractivity contribution in [1.82, 2.24) is 9.97 Å². The van der Waals surface area contributed by atoms with E-state index in [1.54, 1.807) is 19.3 Å². The lowest BCUT2D eigenvalue weighted by Crippen LogP contribution is -2.34. The first-order valence-corrected chi connectivity index (χ1v) is 5.54. The average Bonchev–Trinajstić information content (AvgIpc) is 2.73. The minimum atomic E-state index is -0.623. The van der Waals surface area contributed by atoms with Gasteiger partial charge in [-0.3, -0.25) is 9.78 Å². The topological polar surface area (TPSA) is 81.0 Å². The fourth-order valence-electron chi connectivity index (χ4n) is 1.77. The molecule has 0 aliphatic heterocycles. The van der Waals surface area contributed by atoms with E-state index in [1.807, 2.05) is 12.3 Å². The molecule has 0 aliphatic carbocycles. The molecule has 0 aromatic carbocycles. The summed E-state index contributed by atoms with van der Waals surface area (Å²) in [6, 6.07) is 1.28. The van der Waals surface area contributed by atoms with E-state index in [-0.39, 0.29) is 5.97 Å². The Hall–Kier alpha value is -1.88. The van der Waals surface area contributed by atoms with Gasteiger partial charge in [0.25, 0.3) is 0 Å². The third kappa shape index (κ3) is 2.45. The fraction of sp³-hybridized carbons (Fsp3) is 0.333. The Bertz CT molecular complexity index is 521. The minimum absolute atomic E-state index is 0.352. The molecule has 5 heteroatoms. The number of esters is 1. The Balaban J connectivity index is 2.16. The molecule has 90 valence electrons. The van der Waals surface area contributed by atoms with Crippen LogP contribution in [0.1, 0.15) is 12.5 Å². The summed E-state index contributed by atoms with van der Waals surface area (Å²) in [6.07, 6.45) is 5.78. The van der Waals surface area contributed by atoms with E-state index in [0.717, 1.165) is 16.5 Å². The molecule has 0 bridgehead atoms. The van der Waals surface area contributed by atoms with E-state index in [2.05, 4.69) is 9.97 Å². The molecule has 2 heterocycles. The second-order valence-electron chi connectivity index (χ2n) is 3.80. The van der Waals surface area contributed by atoms with Crippen molar-refractivity contribution in [3.8, 4) is 0 Å². The zero-order valence-electron chi connectivity index (χ0n) is 9.64. The van der Waals surface area contributed by atoms with E-state index < -0.39 is 6.04 Å². The summed E-state index contributed by atoms with van der Waals surface area (Å²) in [4.78, 5) is 18.5. The van der Waals surface area contributed by atoms with Crippen LogP contribution in [0.25, 0.3) is 10.9 Å². The van der Waals surface area contributed by atoms with Gasteiger partial charge in [0.2, 0.25) is 0 Å². The zero-order valence-corrected chi connectivity index (χ0v) is 9.64. The molecule has 2 aromatic heterocycles. The number of nitrogens with one attached hydrogen (secondary N) is 1. The van der Waals surface area contributed by atoms with Crippen molar-refractivity contribution in [2.45, 2.75) is 19.4 Å². The van der Waals surface area contributed by atoms with Gasteiger partial charge in [0.1, 0.15) is 6.04 Å². The summed E-state index contributed by atoms with van der Waals surface area (Å²) < 4.78 is 4.88. The average molecular weight is 233 g/mol. The van der Waals surface area contributed by atoms with Crippen molar-refractivity contribution in [3.63, 3.8) is 0 Å². The summed E-state index contributed by atoms with van der Waals surface area (Å²) >= 11 is 0. The number of nitrogens with two attached hydrogens (primary N) is 1. The van der Waals surface area contributed by atoms with Crippen LogP contribution in [0.15, 0.2) is 24.7 Å². The maximum Gasteiger partial charge on any atom is 0.323 e. The Morgan fingerprint density at radius 2 is 2.47 bits per heavy atom. The number of ether oxygens (including phenoxy) is 1. The Labute approximate surface area is 99.0 Å². The first-order chi connectivity index (χ1) is 8.22. The lowest BCUT2D eigenvalue weighted by Gasteiger charge is -2.09. The number of carbonyl (C=O) groups is 1. The second-order valence-corrected chi connectivity index (χ2v) is 3.80. The number of rotatable bonds is 4.